The summed E-state index contributed by atoms with van der Waals surface area (Å²) >= 11 is 0. The van der Waals surface area contributed by atoms with Gasteiger partial charge < -0.3 is 4.74 Å². The van der Waals surface area contributed by atoms with Crippen molar-refractivity contribution in [2.24, 2.45) is 0 Å². The van der Waals surface area contributed by atoms with Crippen molar-refractivity contribution in [2.75, 3.05) is 6.61 Å². The lowest BCUT2D eigenvalue weighted by Crippen LogP contribution is -2.13. The molecule has 0 aliphatic heterocycles. The van der Waals surface area contributed by atoms with Crippen LogP contribution in [0.15, 0.2) is 29.3 Å². The van der Waals surface area contributed by atoms with Gasteiger partial charge in [0, 0.05) is 24.0 Å². The smallest absolute Gasteiger partial charge is 0.392 e. The molecular weight excluding hydrogens is 277 g/mol. The highest BCUT2D eigenvalue weighted by atomic mass is 19.4. The maximum atomic E-state index is 11.9. The highest BCUT2D eigenvalue weighted by Gasteiger charge is 2.27. The number of rotatable bonds is 4. The Morgan fingerprint density at radius 2 is 1.90 bits per heavy atom. The standard InChI is InChI=1S/C11H9F3N4O2/c12-11(13,14)3-4-20-10-15-5-7(6-16-10)8-1-2-9(19)18-17-8/h1-2,5-6H,3-4H2,(H,18,19). The van der Waals surface area contributed by atoms with Crippen molar-refractivity contribution >= 4 is 0 Å². The molecule has 2 rings (SSSR count). The topological polar surface area (TPSA) is 80.8 Å². The lowest BCUT2D eigenvalue weighted by molar-refractivity contribution is -0.139. The van der Waals surface area contributed by atoms with Gasteiger partial charge in [0.25, 0.3) is 5.56 Å². The second-order valence-corrected chi connectivity index (χ2v) is 3.77. The number of hydrogen-bond acceptors (Lipinski definition) is 5. The molecule has 0 unspecified atom stereocenters. The van der Waals surface area contributed by atoms with E-state index < -0.39 is 19.2 Å². The molecule has 0 amide bonds. The van der Waals surface area contributed by atoms with Crippen molar-refractivity contribution in [3.8, 4) is 17.3 Å². The summed E-state index contributed by atoms with van der Waals surface area (Å²) in [4.78, 5) is 18.4. The van der Waals surface area contributed by atoms with Gasteiger partial charge in [0.2, 0.25) is 0 Å². The van der Waals surface area contributed by atoms with Crippen molar-refractivity contribution in [3.05, 3.63) is 34.9 Å². The molecule has 0 radical (unpaired) electrons. The van der Waals surface area contributed by atoms with Gasteiger partial charge >= 0.3 is 12.2 Å². The van der Waals surface area contributed by atoms with E-state index in [0.717, 1.165) is 0 Å². The molecule has 2 aromatic rings. The van der Waals surface area contributed by atoms with Crippen LogP contribution in [-0.2, 0) is 0 Å². The zero-order chi connectivity index (χ0) is 14.6. The summed E-state index contributed by atoms with van der Waals surface area (Å²) < 4.78 is 40.5. The van der Waals surface area contributed by atoms with Gasteiger partial charge in [-0.05, 0) is 6.07 Å². The highest BCUT2D eigenvalue weighted by Crippen LogP contribution is 2.19. The first-order chi connectivity index (χ1) is 9.44. The quantitative estimate of drug-likeness (QED) is 0.922. The number of ether oxygens (including phenoxy) is 1. The zero-order valence-electron chi connectivity index (χ0n) is 10.0. The SMILES string of the molecule is O=c1ccc(-c2cnc(OCCC(F)(F)F)nc2)n[nH]1. The monoisotopic (exact) mass is 286 g/mol. The lowest BCUT2D eigenvalue weighted by atomic mass is 10.2. The van der Waals surface area contributed by atoms with Crippen molar-refractivity contribution in [1.29, 1.82) is 0 Å². The van der Waals surface area contributed by atoms with E-state index in [4.69, 9.17) is 4.74 Å². The largest absolute Gasteiger partial charge is 0.463 e. The fourth-order valence-electron chi connectivity index (χ4n) is 1.29. The van der Waals surface area contributed by atoms with Crippen LogP contribution in [0.1, 0.15) is 6.42 Å². The first-order valence-electron chi connectivity index (χ1n) is 5.52. The number of nitrogens with one attached hydrogen (secondary N) is 1. The van der Waals surface area contributed by atoms with Gasteiger partial charge in [-0.2, -0.15) is 18.3 Å². The normalized spacial score (nSPS) is 11.3. The maximum Gasteiger partial charge on any atom is 0.392 e. The summed E-state index contributed by atoms with van der Waals surface area (Å²) in [5.74, 6) is 0. The molecule has 2 heterocycles. The van der Waals surface area contributed by atoms with E-state index in [1.165, 1.54) is 24.5 Å². The van der Waals surface area contributed by atoms with Gasteiger partial charge in [0.15, 0.2) is 0 Å². The third kappa shape index (κ3) is 4.04. The summed E-state index contributed by atoms with van der Waals surface area (Å²) in [5.41, 5.74) is 0.595. The van der Waals surface area contributed by atoms with E-state index in [1.54, 1.807) is 0 Å². The van der Waals surface area contributed by atoms with Crippen LogP contribution in [0.4, 0.5) is 13.2 Å². The van der Waals surface area contributed by atoms with Crippen molar-refractivity contribution in [3.63, 3.8) is 0 Å². The Morgan fingerprint density at radius 3 is 2.45 bits per heavy atom. The van der Waals surface area contributed by atoms with Gasteiger partial charge in [-0.15, -0.1) is 0 Å². The van der Waals surface area contributed by atoms with Gasteiger partial charge in [-0.3, -0.25) is 4.79 Å². The number of H-pyrrole nitrogens is 1. The molecule has 9 heteroatoms. The Kier molecular flexibility index (Phi) is 3.97. The summed E-state index contributed by atoms with van der Waals surface area (Å²) in [6.07, 6.45) is -2.66. The molecule has 20 heavy (non-hydrogen) atoms. The maximum absolute atomic E-state index is 11.9. The highest BCUT2D eigenvalue weighted by molar-refractivity contribution is 5.55. The van der Waals surface area contributed by atoms with Crippen LogP contribution in [0.3, 0.4) is 0 Å². The molecule has 0 saturated heterocycles. The van der Waals surface area contributed by atoms with Crippen LogP contribution >= 0.6 is 0 Å². The number of alkyl halides is 3. The Morgan fingerprint density at radius 1 is 1.20 bits per heavy atom. The minimum Gasteiger partial charge on any atom is -0.463 e. The average Bonchev–Trinajstić information content (AvgIpc) is 2.39. The molecule has 1 N–H and O–H groups in total. The van der Waals surface area contributed by atoms with Crippen LogP contribution in [-0.4, -0.2) is 32.9 Å². The summed E-state index contributed by atoms with van der Waals surface area (Å²) in [5, 5.41) is 6.01. The van der Waals surface area contributed by atoms with E-state index in [-0.39, 0.29) is 11.6 Å². The van der Waals surface area contributed by atoms with Gasteiger partial charge in [0.05, 0.1) is 12.1 Å². The molecule has 0 atom stereocenters. The molecule has 0 aliphatic rings. The van der Waals surface area contributed by atoms with Gasteiger partial charge in [0.1, 0.15) is 6.61 Å². The van der Waals surface area contributed by atoms with Crippen molar-refractivity contribution in [1.82, 2.24) is 20.2 Å². The Labute approximate surface area is 110 Å². The molecule has 2 aromatic heterocycles. The fourth-order valence-corrected chi connectivity index (χ4v) is 1.29. The minimum absolute atomic E-state index is 0.151. The van der Waals surface area contributed by atoms with Crippen LogP contribution < -0.4 is 10.3 Å². The lowest BCUT2D eigenvalue weighted by Gasteiger charge is -2.07. The predicted octanol–water partition coefficient (Wildman–Crippen LogP) is 1.56. The van der Waals surface area contributed by atoms with E-state index in [1.807, 2.05) is 0 Å². The number of aromatic amines is 1. The number of halogens is 3. The van der Waals surface area contributed by atoms with Crippen LogP contribution in [0, 0.1) is 0 Å². The van der Waals surface area contributed by atoms with E-state index in [2.05, 4.69) is 20.2 Å². The fraction of sp³-hybridized carbons (Fsp3) is 0.273. The number of hydrogen-bond donors (Lipinski definition) is 1. The first kappa shape index (κ1) is 14.0. The molecule has 6 nitrogen and oxygen atoms in total. The molecule has 0 saturated carbocycles. The zero-order valence-corrected chi connectivity index (χ0v) is 10.0. The van der Waals surface area contributed by atoms with E-state index in [9.17, 15) is 18.0 Å². The van der Waals surface area contributed by atoms with E-state index in [0.29, 0.717) is 11.3 Å². The summed E-state index contributed by atoms with van der Waals surface area (Å²) in [6, 6.07) is 2.61. The first-order valence-corrected chi connectivity index (χ1v) is 5.52. The van der Waals surface area contributed by atoms with Gasteiger partial charge in [-0.25, -0.2) is 15.1 Å². The minimum atomic E-state index is -4.28. The third-order valence-electron chi connectivity index (χ3n) is 2.22. The molecule has 0 bridgehead atoms. The predicted molar refractivity (Wildman–Crippen MR) is 62.1 cm³/mol. The van der Waals surface area contributed by atoms with Gasteiger partial charge in [-0.1, -0.05) is 0 Å². The third-order valence-corrected chi connectivity index (χ3v) is 2.22. The molecule has 0 aromatic carbocycles. The molecular formula is C11H9F3N4O2. The summed E-state index contributed by atoms with van der Waals surface area (Å²) in [7, 11) is 0. The average molecular weight is 286 g/mol. The Bertz CT molecular complexity index is 604. The van der Waals surface area contributed by atoms with Crippen LogP contribution in [0.2, 0.25) is 0 Å². The second-order valence-electron chi connectivity index (χ2n) is 3.77. The molecule has 0 fully saturated rings. The molecule has 0 aliphatic carbocycles. The van der Waals surface area contributed by atoms with Crippen molar-refractivity contribution in [2.45, 2.75) is 12.6 Å². The van der Waals surface area contributed by atoms with E-state index >= 15 is 0 Å². The Hall–Kier alpha value is -2.45. The van der Waals surface area contributed by atoms with Crippen molar-refractivity contribution < 1.29 is 17.9 Å². The molecule has 106 valence electrons. The number of nitrogens with zero attached hydrogens (tertiary/aromatic N) is 3. The number of aromatic nitrogens is 4. The van der Waals surface area contributed by atoms with Crippen LogP contribution in [0.25, 0.3) is 11.3 Å². The van der Waals surface area contributed by atoms with Crippen LogP contribution in [0.5, 0.6) is 6.01 Å². The second kappa shape index (κ2) is 5.68. The molecule has 0 spiro atoms. The Balaban J connectivity index is 1.99. The summed E-state index contributed by atoms with van der Waals surface area (Å²) in [6.45, 7) is -0.542.